The van der Waals surface area contributed by atoms with E-state index < -0.39 is 11.2 Å². The molecule has 0 radical (unpaired) electrons. The molecule has 0 bridgehead atoms. The fourth-order valence-electron chi connectivity index (χ4n) is 2.90. The summed E-state index contributed by atoms with van der Waals surface area (Å²) >= 11 is 1.34. The van der Waals surface area contributed by atoms with E-state index in [0.29, 0.717) is 16.9 Å². The number of carbonyl (C=O) groups is 3. The highest BCUT2D eigenvalue weighted by Gasteiger charge is 2.16. The highest BCUT2D eigenvalue weighted by atomic mass is 32.2. The third kappa shape index (κ3) is 5.96. The van der Waals surface area contributed by atoms with Crippen molar-refractivity contribution >= 4 is 40.9 Å². The Balaban J connectivity index is 1.64. The van der Waals surface area contributed by atoms with Gasteiger partial charge < -0.3 is 15.7 Å². The van der Waals surface area contributed by atoms with Crippen molar-refractivity contribution in [3.8, 4) is 0 Å². The number of anilines is 2. The molecule has 31 heavy (non-hydrogen) atoms. The zero-order valence-electron chi connectivity index (χ0n) is 17.1. The van der Waals surface area contributed by atoms with Crippen LogP contribution in [0, 0.1) is 6.92 Å². The Morgan fingerprint density at radius 2 is 1.55 bits per heavy atom. The molecule has 2 amide bonds. The van der Waals surface area contributed by atoms with Crippen LogP contribution in [-0.4, -0.2) is 28.1 Å². The maximum Gasteiger partial charge on any atom is 0.335 e. The van der Waals surface area contributed by atoms with Crippen LogP contribution in [0.1, 0.15) is 33.2 Å². The number of rotatable bonds is 7. The molecule has 3 rings (SSSR count). The molecular weight excluding hydrogens is 412 g/mol. The van der Waals surface area contributed by atoms with Gasteiger partial charge >= 0.3 is 5.97 Å². The molecule has 0 aliphatic heterocycles. The summed E-state index contributed by atoms with van der Waals surface area (Å²) < 4.78 is 0. The second-order valence-electron chi connectivity index (χ2n) is 6.93. The number of carboxylic acids is 1. The number of aryl methyl sites for hydroxylation is 1. The van der Waals surface area contributed by atoms with Crippen LogP contribution in [-0.2, 0) is 4.79 Å². The van der Waals surface area contributed by atoms with Gasteiger partial charge in [-0.25, -0.2) is 4.79 Å². The number of carboxylic acid groups (broad SMARTS) is 1. The van der Waals surface area contributed by atoms with Gasteiger partial charge in [0.1, 0.15) is 0 Å². The number of hydrogen-bond acceptors (Lipinski definition) is 4. The van der Waals surface area contributed by atoms with Crippen LogP contribution in [0.15, 0.2) is 77.7 Å². The van der Waals surface area contributed by atoms with E-state index in [4.69, 9.17) is 5.11 Å². The van der Waals surface area contributed by atoms with Crippen LogP contribution < -0.4 is 10.6 Å². The average molecular weight is 435 g/mol. The van der Waals surface area contributed by atoms with Crippen molar-refractivity contribution in [3.63, 3.8) is 0 Å². The van der Waals surface area contributed by atoms with Gasteiger partial charge in [0.05, 0.1) is 10.8 Å². The van der Waals surface area contributed by atoms with Crippen molar-refractivity contribution in [2.24, 2.45) is 0 Å². The second-order valence-corrected chi connectivity index (χ2v) is 8.35. The van der Waals surface area contributed by atoms with Gasteiger partial charge in [0, 0.05) is 21.8 Å². The fraction of sp³-hybridized carbons (Fsp3) is 0.125. The van der Waals surface area contributed by atoms with Crippen molar-refractivity contribution < 1.29 is 19.5 Å². The van der Waals surface area contributed by atoms with Gasteiger partial charge in [0.15, 0.2) is 0 Å². The minimum atomic E-state index is -1.05. The summed E-state index contributed by atoms with van der Waals surface area (Å²) in [4.78, 5) is 37.0. The number of amides is 2. The largest absolute Gasteiger partial charge is 0.478 e. The standard InChI is InChI=1S/C24H22N2O4S/c1-15-7-3-4-12-21(15)23(28)26-19-10-6-11-20(14-19)31-16(2)22(27)25-18-9-5-8-17(13-18)24(29)30/h3-14,16H,1-2H3,(H,25,27)(H,26,28)(H,29,30). The van der Waals surface area contributed by atoms with Crippen molar-refractivity contribution in [2.75, 3.05) is 10.6 Å². The third-order valence-electron chi connectivity index (χ3n) is 4.54. The van der Waals surface area contributed by atoms with Gasteiger partial charge in [0.25, 0.3) is 5.91 Å². The van der Waals surface area contributed by atoms with Crippen molar-refractivity contribution in [2.45, 2.75) is 24.0 Å². The van der Waals surface area contributed by atoms with Gasteiger partial charge in [-0.3, -0.25) is 9.59 Å². The van der Waals surface area contributed by atoms with E-state index in [9.17, 15) is 14.4 Å². The van der Waals surface area contributed by atoms with E-state index in [-0.39, 0.29) is 17.4 Å². The molecule has 3 N–H and O–H groups in total. The van der Waals surface area contributed by atoms with E-state index in [1.807, 2.05) is 43.3 Å². The fourth-order valence-corrected chi connectivity index (χ4v) is 3.83. The molecule has 0 heterocycles. The van der Waals surface area contributed by atoms with Crippen molar-refractivity contribution in [1.29, 1.82) is 0 Å². The lowest BCUT2D eigenvalue weighted by Crippen LogP contribution is -2.22. The molecule has 6 nitrogen and oxygen atoms in total. The zero-order chi connectivity index (χ0) is 22.4. The minimum Gasteiger partial charge on any atom is -0.478 e. The SMILES string of the molecule is Cc1ccccc1C(=O)Nc1cccc(SC(C)C(=O)Nc2cccc(C(=O)O)c2)c1. The van der Waals surface area contributed by atoms with Gasteiger partial charge in [0.2, 0.25) is 5.91 Å². The Morgan fingerprint density at radius 3 is 2.26 bits per heavy atom. The minimum absolute atomic E-state index is 0.107. The smallest absolute Gasteiger partial charge is 0.335 e. The van der Waals surface area contributed by atoms with Gasteiger partial charge in [-0.1, -0.05) is 30.3 Å². The Hall–Kier alpha value is -3.58. The quantitative estimate of drug-likeness (QED) is 0.452. The second kappa shape index (κ2) is 9.95. The first-order chi connectivity index (χ1) is 14.8. The lowest BCUT2D eigenvalue weighted by Gasteiger charge is -2.13. The molecule has 0 aliphatic rings. The van der Waals surface area contributed by atoms with Crippen molar-refractivity contribution in [1.82, 2.24) is 0 Å². The molecular formula is C24H22N2O4S. The summed E-state index contributed by atoms with van der Waals surface area (Å²) in [6, 6.07) is 20.8. The molecule has 158 valence electrons. The highest BCUT2D eigenvalue weighted by molar-refractivity contribution is 8.00. The number of aromatic carboxylic acids is 1. The lowest BCUT2D eigenvalue weighted by atomic mass is 10.1. The lowest BCUT2D eigenvalue weighted by molar-refractivity contribution is -0.115. The number of nitrogens with one attached hydrogen (secondary N) is 2. The molecule has 0 saturated carbocycles. The number of benzene rings is 3. The number of thioether (sulfide) groups is 1. The average Bonchev–Trinajstić information content (AvgIpc) is 2.74. The maximum atomic E-state index is 12.5. The molecule has 0 saturated heterocycles. The normalized spacial score (nSPS) is 11.4. The zero-order valence-corrected chi connectivity index (χ0v) is 17.9. The molecule has 3 aromatic rings. The summed E-state index contributed by atoms with van der Waals surface area (Å²) in [6.45, 7) is 3.65. The van der Waals surface area contributed by atoms with E-state index in [1.165, 1.54) is 23.9 Å². The van der Waals surface area contributed by atoms with Crippen molar-refractivity contribution in [3.05, 3.63) is 89.5 Å². The topological polar surface area (TPSA) is 95.5 Å². The van der Waals surface area contributed by atoms with E-state index in [2.05, 4.69) is 10.6 Å². The predicted molar refractivity (Wildman–Crippen MR) is 123 cm³/mol. The van der Waals surface area contributed by atoms with E-state index in [0.717, 1.165) is 10.5 Å². The third-order valence-corrected chi connectivity index (χ3v) is 5.63. The molecule has 0 spiro atoms. The predicted octanol–water partition coefficient (Wildman–Crippen LogP) is 5.06. The maximum absolute atomic E-state index is 12.5. The Labute approximate surface area is 184 Å². The Kier molecular flexibility index (Phi) is 7.10. The van der Waals surface area contributed by atoms with Crippen LogP contribution in [0.5, 0.6) is 0 Å². The molecule has 7 heteroatoms. The number of hydrogen-bond donors (Lipinski definition) is 3. The number of carbonyl (C=O) groups excluding carboxylic acids is 2. The Morgan fingerprint density at radius 1 is 0.871 bits per heavy atom. The van der Waals surface area contributed by atoms with Crippen LogP contribution in [0.4, 0.5) is 11.4 Å². The molecule has 1 unspecified atom stereocenters. The summed E-state index contributed by atoms with van der Waals surface area (Å²) in [5, 5.41) is 14.3. The molecule has 0 aliphatic carbocycles. The van der Waals surface area contributed by atoms with E-state index >= 15 is 0 Å². The molecule has 0 aromatic heterocycles. The summed E-state index contributed by atoms with van der Waals surface area (Å²) in [7, 11) is 0. The van der Waals surface area contributed by atoms with Gasteiger partial charge in [-0.05, 0) is 61.9 Å². The van der Waals surface area contributed by atoms with E-state index in [1.54, 1.807) is 31.2 Å². The molecule has 0 fully saturated rings. The van der Waals surface area contributed by atoms with Crippen LogP contribution in [0.25, 0.3) is 0 Å². The van der Waals surface area contributed by atoms with Crippen LogP contribution in [0.3, 0.4) is 0 Å². The summed E-state index contributed by atoms with van der Waals surface area (Å²) in [5.41, 5.74) is 2.67. The van der Waals surface area contributed by atoms with Gasteiger partial charge in [-0.2, -0.15) is 0 Å². The van der Waals surface area contributed by atoms with Crippen LogP contribution in [0.2, 0.25) is 0 Å². The first-order valence-electron chi connectivity index (χ1n) is 9.61. The first kappa shape index (κ1) is 22.1. The Bertz CT molecular complexity index is 1130. The monoisotopic (exact) mass is 434 g/mol. The summed E-state index contributed by atoms with van der Waals surface area (Å²) in [5.74, 6) is -1.49. The first-order valence-corrected chi connectivity index (χ1v) is 10.5. The van der Waals surface area contributed by atoms with Gasteiger partial charge in [-0.15, -0.1) is 11.8 Å². The molecule has 3 aromatic carbocycles. The van der Waals surface area contributed by atoms with Crippen LogP contribution >= 0.6 is 11.8 Å². The molecule has 1 atom stereocenters. The summed E-state index contributed by atoms with van der Waals surface area (Å²) in [6.07, 6.45) is 0. The highest BCUT2D eigenvalue weighted by Crippen LogP contribution is 2.27.